The van der Waals surface area contributed by atoms with Crippen LogP contribution in [0.2, 0.25) is 5.02 Å². The molecule has 3 aromatic rings. The van der Waals surface area contributed by atoms with Crippen LogP contribution in [0.1, 0.15) is 38.5 Å². The summed E-state index contributed by atoms with van der Waals surface area (Å²) in [5.74, 6) is 1.38. The number of rotatable bonds is 6. The molecule has 4 N–H and O–H groups in total. The highest BCUT2D eigenvalue weighted by Gasteiger charge is 2.24. The highest BCUT2D eigenvalue weighted by Crippen LogP contribution is 2.33. The number of piperidine rings is 1. The molecule has 2 aliphatic rings. The van der Waals surface area contributed by atoms with Gasteiger partial charge in [-0.15, -0.1) is 0 Å². The van der Waals surface area contributed by atoms with Gasteiger partial charge in [-0.1, -0.05) is 36.2 Å². The lowest BCUT2D eigenvalue weighted by Crippen LogP contribution is -2.43. The van der Waals surface area contributed by atoms with E-state index in [9.17, 15) is 0 Å². The smallest absolute Gasteiger partial charge is 0.223 e. The SMILES string of the molecule is Clc1cnc(N[C@H]2CCC[C@@H](CNC3CCNCC3)C2)nc1-c1c[nH]c2ccccc12. The summed E-state index contributed by atoms with van der Waals surface area (Å²) in [6.45, 7) is 3.39. The molecule has 0 unspecified atom stereocenters. The van der Waals surface area contributed by atoms with Gasteiger partial charge < -0.3 is 20.9 Å². The number of nitrogens with zero attached hydrogens (tertiary/aromatic N) is 2. The zero-order valence-electron chi connectivity index (χ0n) is 17.8. The Labute approximate surface area is 188 Å². The van der Waals surface area contributed by atoms with Gasteiger partial charge in [-0.2, -0.15) is 0 Å². The van der Waals surface area contributed by atoms with E-state index in [1.54, 1.807) is 6.20 Å². The molecule has 5 rings (SSSR count). The largest absolute Gasteiger partial charge is 0.360 e. The second-order valence-electron chi connectivity index (χ2n) is 8.94. The Morgan fingerprint density at radius 1 is 1.06 bits per heavy atom. The van der Waals surface area contributed by atoms with Gasteiger partial charge in [0, 0.05) is 34.7 Å². The summed E-state index contributed by atoms with van der Waals surface area (Å²) < 4.78 is 0. The van der Waals surface area contributed by atoms with Crippen molar-refractivity contribution in [1.82, 2.24) is 25.6 Å². The Balaban J connectivity index is 1.25. The van der Waals surface area contributed by atoms with Crippen molar-refractivity contribution < 1.29 is 0 Å². The van der Waals surface area contributed by atoms with Crippen LogP contribution in [0.5, 0.6) is 0 Å². The number of aromatic amines is 1. The standard InChI is InChI=1S/C24H31ClN6/c25-21-15-29-24(31-23(21)20-14-28-22-7-2-1-6-19(20)22)30-18-5-3-4-16(12-18)13-27-17-8-10-26-11-9-17/h1-2,6-7,14-18,26-28H,3-5,8-13H2,(H,29,30,31)/t16-,18+/m1/s1. The van der Waals surface area contributed by atoms with E-state index in [4.69, 9.17) is 16.6 Å². The summed E-state index contributed by atoms with van der Waals surface area (Å²) in [4.78, 5) is 12.6. The molecular weight excluding hydrogens is 408 g/mol. The number of nitrogens with one attached hydrogen (secondary N) is 4. The molecule has 31 heavy (non-hydrogen) atoms. The van der Waals surface area contributed by atoms with Crippen LogP contribution in [0, 0.1) is 5.92 Å². The van der Waals surface area contributed by atoms with E-state index in [0.717, 1.165) is 54.6 Å². The third-order valence-electron chi connectivity index (χ3n) is 6.74. The zero-order valence-corrected chi connectivity index (χ0v) is 18.6. The average molecular weight is 439 g/mol. The monoisotopic (exact) mass is 438 g/mol. The van der Waals surface area contributed by atoms with E-state index in [0.29, 0.717) is 29.0 Å². The molecule has 3 heterocycles. The van der Waals surface area contributed by atoms with Crippen molar-refractivity contribution in [2.75, 3.05) is 25.0 Å². The molecule has 6 nitrogen and oxygen atoms in total. The first-order valence-corrected chi connectivity index (χ1v) is 11.9. The lowest BCUT2D eigenvalue weighted by atomic mass is 9.85. The van der Waals surface area contributed by atoms with E-state index < -0.39 is 0 Å². The van der Waals surface area contributed by atoms with Gasteiger partial charge in [0.2, 0.25) is 5.95 Å². The molecule has 2 aromatic heterocycles. The third-order valence-corrected chi connectivity index (χ3v) is 7.02. The number of hydrogen-bond acceptors (Lipinski definition) is 5. The third kappa shape index (κ3) is 4.86. The number of aromatic nitrogens is 3. The predicted octanol–water partition coefficient (Wildman–Crippen LogP) is 4.59. The second-order valence-corrected chi connectivity index (χ2v) is 9.35. The molecule has 2 atom stereocenters. The van der Waals surface area contributed by atoms with Crippen molar-refractivity contribution in [2.24, 2.45) is 5.92 Å². The number of anilines is 1. The van der Waals surface area contributed by atoms with Gasteiger partial charge in [0.15, 0.2) is 0 Å². The number of para-hydroxylation sites is 1. The van der Waals surface area contributed by atoms with Gasteiger partial charge in [-0.3, -0.25) is 0 Å². The summed E-state index contributed by atoms with van der Waals surface area (Å²) in [6.07, 6.45) is 11.0. The Morgan fingerprint density at radius 3 is 2.84 bits per heavy atom. The molecular formula is C24H31ClN6. The number of benzene rings is 1. The van der Waals surface area contributed by atoms with Crippen molar-refractivity contribution in [1.29, 1.82) is 0 Å². The highest BCUT2D eigenvalue weighted by atomic mass is 35.5. The average Bonchev–Trinajstić information content (AvgIpc) is 3.24. The fourth-order valence-electron chi connectivity index (χ4n) is 5.04. The molecule has 1 saturated heterocycles. The first-order chi connectivity index (χ1) is 15.3. The van der Waals surface area contributed by atoms with E-state index in [2.05, 4.69) is 38.1 Å². The maximum atomic E-state index is 6.49. The fraction of sp³-hybridized carbons (Fsp3) is 0.500. The molecule has 0 amide bonds. The number of hydrogen-bond donors (Lipinski definition) is 4. The van der Waals surface area contributed by atoms with Crippen LogP contribution in [0.4, 0.5) is 5.95 Å². The van der Waals surface area contributed by atoms with Crippen LogP contribution in [-0.2, 0) is 0 Å². The van der Waals surface area contributed by atoms with Gasteiger partial charge in [-0.05, 0) is 63.7 Å². The lowest BCUT2D eigenvalue weighted by Gasteiger charge is -2.32. The molecule has 1 aliphatic carbocycles. The fourth-order valence-corrected chi connectivity index (χ4v) is 5.24. The number of fused-ring (bicyclic) bond motifs is 1. The first-order valence-electron chi connectivity index (χ1n) is 11.6. The van der Waals surface area contributed by atoms with Gasteiger partial charge in [0.1, 0.15) is 0 Å². The molecule has 2 fully saturated rings. The quantitative estimate of drug-likeness (QED) is 0.452. The Morgan fingerprint density at radius 2 is 1.94 bits per heavy atom. The zero-order chi connectivity index (χ0) is 21.0. The summed E-state index contributed by atoms with van der Waals surface area (Å²) in [6, 6.07) is 9.30. The summed E-state index contributed by atoms with van der Waals surface area (Å²) in [7, 11) is 0. The maximum Gasteiger partial charge on any atom is 0.223 e. The Bertz CT molecular complexity index is 1010. The van der Waals surface area contributed by atoms with Gasteiger partial charge in [0.05, 0.1) is 16.9 Å². The van der Waals surface area contributed by atoms with Crippen LogP contribution in [0.15, 0.2) is 36.7 Å². The molecule has 7 heteroatoms. The highest BCUT2D eigenvalue weighted by molar-refractivity contribution is 6.33. The predicted molar refractivity (Wildman–Crippen MR) is 128 cm³/mol. The van der Waals surface area contributed by atoms with Crippen molar-refractivity contribution in [3.8, 4) is 11.3 Å². The van der Waals surface area contributed by atoms with Crippen LogP contribution in [0.25, 0.3) is 22.2 Å². The first kappa shape index (κ1) is 20.7. The second kappa shape index (κ2) is 9.55. The van der Waals surface area contributed by atoms with Gasteiger partial charge in [-0.25, -0.2) is 9.97 Å². The van der Waals surface area contributed by atoms with Crippen LogP contribution in [0.3, 0.4) is 0 Å². The van der Waals surface area contributed by atoms with E-state index in [-0.39, 0.29) is 0 Å². The van der Waals surface area contributed by atoms with E-state index in [1.165, 1.54) is 25.7 Å². The van der Waals surface area contributed by atoms with E-state index in [1.807, 2.05) is 18.3 Å². The number of H-pyrrole nitrogens is 1. The van der Waals surface area contributed by atoms with Crippen molar-refractivity contribution in [2.45, 2.75) is 50.6 Å². The molecule has 1 aliphatic heterocycles. The summed E-state index contributed by atoms with van der Waals surface area (Å²) >= 11 is 6.49. The minimum Gasteiger partial charge on any atom is -0.360 e. The molecule has 164 valence electrons. The minimum absolute atomic E-state index is 0.408. The van der Waals surface area contributed by atoms with Crippen LogP contribution in [-0.4, -0.2) is 46.7 Å². The van der Waals surface area contributed by atoms with Gasteiger partial charge >= 0.3 is 0 Å². The Kier molecular flexibility index (Phi) is 6.39. The molecule has 1 aromatic carbocycles. The maximum absolute atomic E-state index is 6.49. The molecule has 1 saturated carbocycles. The lowest BCUT2D eigenvalue weighted by molar-refractivity contribution is 0.292. The minimum atomic E-state index is 0.408. The van der Waals surface area contributed by atoms with Crippen molar-refractivity contribution in [3.05, 3.63) is 41.7 Å². The number of halogens is 1. The summed E-state index contributed by atoms with van der Waals surface area (Å²) in [5.41, 5.74) is 2.87. The van der Waals surface area contributed by atoms with E-state index >= 15 is 0 Å². The van der Waals surface area contributed by atoms with Crippen LogP contribution >= 0.6 is 11.6 Å². The molecule has 0 bridgehead atoms. The topological polar surface area (TPSA) is 77.7 Å². The van der Waals surface area contributed by atoms with Crippen LogP contribution < -0.4 is 16.0 Å². The molecule has 0 radical (unpaired) electrons. The normalized spacial score (nSPS) is 22.6. The molecule has 0 spiro atoms. The summed E-state index contributed by atoms with van der Waals surface area (Å²) in [5, 5.41) is 12.5. The van der Waals surface area contributed by atoms with Gasteiger partial charge in [0.25, 0.3) is 0 Å². The van der Waals surface area contributed by atoms with Crippen molar-refractivity contribution in [3.63, 3.8) is 0 Å². The van der Waals surface area contributed by atoms with Crippen molar-refractivity contribution >= 4 is 28.5 Å². The Hall–Kier alpha value is -2.15.